The molecule has 3 rings (SSSR count). The van der Waals surface area contributed by atoms with E-state index < -0.39 is 18.0 Å². The second-order valence-corrected chi connectivity index (χ2v) is 5.71. The molecule has 0 saturated heterocycles. The second-order valence-electron chi connectivity index (χ2n) is 4.86. The standard InChI is InChI=1S/C14H10BrF4N5/c15-10-7-20-13(21-9-3-1-2-8(16)6-9)22-12(10)24-5-4-11(23-24)14(17,18)19/h1-7,11,23H,(H,20,21,22). The number of rotatable bonds is 3. The Labute approximate surface area is 142 Å². The Balaban J connectivity index is 1.81. The first kappa shape index (κ1) is 16.7. The highest BCUT2D eigenvalue weighted by Gasteiger charge is 2.41. The van der Waals surface area contributed by atoms with Crippen molar-refractivity contribution in [2.24, 2.45) is 0 Å². The van der Waals surface area contributed by atoms with Gasteiger partial charge >= 0.3 is 6.18 Å². The van der Waals surface area contributed by atoms with E-state index in [0.717, 1.165) is 11.1 Å². The molecule has 1 aliphatic heterocycles. The lowest BCUT2D eigenvalue weighted by atomic mass is 10.3. The minimum atomic E-state index is -4.41. The summed E-state index contributed by atoms with van der Waals surface area (Å²) in [6, 6.07) is 3.87. The smallest absolute Gasteiger partial charge is 0.324 e. The van der Waals surface area contributed by atoms with Crippen molar-refractivity contribution in [2.45, 2.75) is 12.2 Å². The maximum Gasteiger partial charge on any atom is 0.409 e. The SMILES string of the molecule is Fc1cccc(Nc2ncc(Br)c(N3C=CC(C(F)(F)F)N3)n2)c1. The van der Waals surface area contributed by atoms with Crippen molar-refractivity contribution in [2.75, 3.05) is 10.3 Å². The van der Waals surface area contributed by atoms with Crippen molar-refractivity contribution in [3.63, 3.8) is 0 Å². The van der Waals surface area contributed by atoms with E-state index in [4.69, 9.17) is 0 Å². The Morgan fingerprint density at radius 2 is 2.08 bits per heavy atom. The van der Waals surface area contributed by atoms with Gasteiger partial charge in [0.25, 0.3) is 0 Å². The summed E-state index contributed by atoms with van der Waals surface area (Å²) in [5, 5.41) is 3.93. The van der Waals surface area contributed by atoms with Crippen LogP contribution in [-0.4, -0.2) is 22.2 Å². The van der Waals surface area contributed by atoms with Crippen LogP contribution in [0.4, 0.5) is 35.0 Å². The summed E-state index contributed by atoms with van der Waals surface area (Å²) >= 11 is 3.20. The van der Waals surface area contributed by atoms with E-state index >= 15 is 0 Å². The number of nitrogens with one attached hydrogen (secondary N) is 2. The minimum absolute atomic E-state index is 0.115. The van der Waals surface area contributed by atoms with Crippen LogP contribution in [0.3, 0.4) is 0 Å². The number of halogens is 5. The second kappa shape index (κ2) is 6.36. The summed E-state index contributed by atoms with van der Waals surface area (Å²) in [6.45, 7) is 0. The van der Waals surface area contributed by atoms with E-state index in [1.54, 1.807) is 6.07 Å². The van der Waals surface area contributed by atoms with Gasteiger partial charge in [0.1, 0.15) is 11.9 Å². The van der Waals surface area contributed by atoms with Gasteiger partial charge in [-0.25, -0.2) is 14.8 Å². The highest BCUT2D eigenvalue weighted by Crippen LogP contribution is 2.30. The molecule has 0 saturated carbocycles. The lowest BCUT2D eigenvalue weighted by Crippen LogP contribution is -2.44. The minimum Gasteiger partial charge on any atom is -0.324 e. The van der Waals surface area contributed by atoms with Gasteiger partial charge in [0.15, 0.2) is 5.82 Å². The third-order valence-corrected chi connectivity index (χ3v) is 3.65. The first-order chi connectivity index (χ1) is 11.3. The Morgan fingerprint density at radius 1 is 1.29 bits per heavy atom. The highest BCUT2D eigenvalue weighted by atomic mass is 79.9. The van der Waals surface area contributed by atoms with Gasteiger partial charge in [-0.2, -0.15) is 18.2 Å². The summed E-state index contributed by atoms with van der Waals surface area (Å²) in [6.07, 6.45) is -0.806. The molecular formula is C14H10BrF4N5. The molecule has 0 aliphatic carbocycles. The van der Waals surface area contributed by atoms with Gasteiger partial charge in [-0.05, 0) is 40.2 Å². The molecule has 10 heteroatoms. The number of nitrogens with zero attached hydrogens (tertiary/aromatic N) is 3. The number of anilines is 3. The summed E-state index contributed by atoms with van der Waals surface area (Å²) in [5.41, 5.74) is 2.70. The van der Waals surface area contributed by atoms with Crippen LogP contribution in [0.5, 0.6) is 0 Å². The Kier molecular flexibility index (Phi) is 4.41. The molecule has 2 heterocycles. The van der Waals surface area contributed by atoms with E-state index in [1.165, 1.54) is 30.6 Å². The zero-order valence-corrected chi connectivity index (χ0v) is 13.4. The number of hydrogen-bond donors (Lipinski definition) is 2. The molecule has 1 unspecified atom stereocenters. The molecule has 5 nitrogen and oxygen atoms in total. The highest BCUT2D eigenvalue weighted by molar-refractivity contribution is 9.10. The van der Waals surface area contributed by atoms with Gasteiger partial charge in [0, 0.05) is 18.1 Å². The van der Waals surface area contributed by atoms with Crippen LogP contribution < -0.4 is 15.8 Å². The number of benzene rings is 1. The van der Waals surface area contributed by atoms with Crippen molar-refractivity contribution in [1.29, 1.82) is 0 Å². The molecule has 1 aromatic heterocycles. The van der Waals surface area contributed by atoms with E-state index in [2.05, 4.69) is 36.6 Å². The number of aromatic nitrogens is 2. The van der Waals surface area contributed by atoms with E-state index in [-0.39, 0.29) is 11.8 Å². The maximum atomic E-state index is 13.2. The molecule has 1 aromatic carbocycles. The summed E-state index contributed by atoms with van der Waals surface area (Å²) in [7, 11) is 0. The fourth-order valence-corrected chi connectivity index (χ4v) is 2.39. The van der Waals surface area contributed by atoms with Gasteiger partial charge in [-0.3, -0.25) is 5.01 Å². The number of hydrogen-bond acceptors (Lipinski definition) is 5. The van der Waals surface area contributed by atoms with Crippen LogP contribution in [-0.2, 0) is 0 Å². The molecule has 126 valence electrons. The molecule has 0 spiro atoms. The lowest BCUT2D eigenvalue weighted by Gasteiger charge is -2.21. The summed E-state index contributed by atoms with van der Waals surface area (Å²) < 4.78 is 51.8. The Hall–Kier alpha value is -2.20. The van der Waals surface area contributed by atoms with Crippen LogP contribution in [0.15, 0.2) is 47.2 Å². The van der Waals surface area contributed by atoms with Crippen molar-refractivity contribution < 1.29 is 17.6 Å². The van der Waals surface area contributed by atoms with Gasteiger partial charge < -0.3 is 5.32 Å². The fraction of sp³-hybridized carbons (Fsp3) is 0.143. The molecule has 2 N–H and O–H groups in total. The number of alkyl halides is 3. The van der Waals surface area contributed by atoms with Gasteiger partial charge in [0.05, 0.1) is 4.47 Å². The topological polar surface area (TPSA) is 53.1 Å². The largest absolute Gasteiger partial charge is 0.409 e. The lowest BCUT2D eigenvalue weighted by molar-refractivity contribution is -0.142. The molecule has 0 radical (unpaired) electrons. The third-order valence-electron chi connectivity index (χ3n) is 3.09. The van der Waals surface area contributed by atoms with E-state index in [0.29, 0.717) is 10.2 Å². The van der Waals surface area contributed by atoms with Gasteiger partial charge in [0.2, 0.25) is 5.95 Å². The molecule has 2 aromatic rings. The average Bonchev–Trinajstić information content (AvgIpc) is 2.99. The molecule has 1 atom stereocenters. The molecule has 0 amide bonds. The van der Waals surface area contributed by atoms with Gasteiger partial charge in [-0.1, -0.05) is 6.07 Å². The zero-order chi connectivity index (χ0) is 17.3. The van der Waals surface area contributed by atoms with Crippen LogP contribution in [0.2, 0.25) is 0 Å². The predicted octanol–water partition coefficient (Wildman–Crippen LogP) is 3.89. The van der Waals surface area contributed by atoms with Crippen LogP contribution in [0.1, 0.15) is 0 Å². The van der Waals surface area contributed by atoms with Crippen LogP contribution in [0, 0.1) is 5.82 Å². The van der Waals surface area contributed by atoms with Crippen molar-refractivity contribution in [1.82, 2.24) is 15.4 Å². The predicted molar refractivity (Wildman–Crippen MR) is 84.0 cm³/mol. The van der Waals surface area contributed by atoms with Gasteiger partial charge in [-0.15, -0.1) is 0 Å². The zero-order valence-electron chi connectivity index (χ0n) is 11.9. The van der Waals surface area contributed by atoms with Crippen molar-refractivity contribution >= 4 is 33.4 Å². The quantitative estimate of drug-likeness (QED) is 0.761. The Morgan fingerprint density at radius 3 is 2.75 bits per heavy atom. The summed E-state index contributed by atoms with van der Waals surface area (Å²) in [4.78, 5) is 8.16. The third kappa shape index (κ3) is 3.65. The average molecular weight is 404 g/mol. The first-order valence-electron chi connectivity index (χ1n) is 6.68. The fourth-order valence-electron chi connectivity index (χ4n) is 2.00. The maximum absolute atomic E-state index is 13.2. The molecular weight excluding hydrogens is 394 g/mol. The van der Waals surface area contributed by atoms with Crippen molar-refractivity contribution in [3.8, 4) is 0 Å². The summed E-state index contributed by atoms with van der Waals surface area (Å²) in [5.74, 6) is -0.133. The Bertz CT molecular complexity index is 780. The monoisotopic (exact) mass is 403 g/mol. The van der Waals surface area contributed by atoms with Crippen molar-refractivity contribution in [3.05, 3.63) is 53.0 Å². The molecule has 24 heavy (non-hydrogen) atoms. The molecule has 0 bridgehead atoms. The van der Waals surface area contributed by atoms with E-state index in [9.17, 15) is 17.6 Å². The molecule has 0 fully saturated rings. The first-order valence-corrected chi connectivity index (χ1v) is 7.48. The normalized spacial score (nSPS) is 17.4. The van der Waals surface area contributed by atoms with E-state index in [1.807, 2.05) is 0 Å². The van der Waals surface area contributed by atoms with Crippen LogP contribution in [0.25, 0.3) is 0 Å². The van der Waals surface area contributed by atoms with Crippen LogP contribution >= 0.6 is 15.9 Å². The number of hydrazine groups is 1. The molecule has 1 aliphatic rings.